The number of ether oxygens (including phenoxy) is 4. The molecule has 2 aromatic carbocycles. The van der Waals surface area contributed by atoms with E-state index in [1.54, 1.807) is 28.4 Å². The first-order valence-corrected chi connectivity index (χ1v) is 9.96. The maximum absolute atomic E-state index is 12.1. The topological polar surface area (TPSA) is 77.5 Å². The highest BCUT2D eigenvalue weighted by Gasteiger charge is 2.37. The molecule has 1 fully saturated rings. The minimum Gasteiger partial charge on any atom is -0.497 e. The molecule has 1 N–H and O–H groups in total. The van der Waals surface area contributed by atoms with Crippen molar-refractivity contribution in [3.05, 3.63) is 47.5 Å². The van der Waals surface area contributed by atoms with Crippen LogP contribution >= 0.6 is 0 Å². The molecule has 1 aliphatic heterocycles. The molecule has 2 aromatic rings. The predicted octanol–water partition coefficient (Wildman–Crippen LogP) is 3.75. The van der Waals surface area contributed by atoms with Crippen LogP contribution in [0.4, 0.5) is 0 Å². The summed E-state index contributed by atoms with van der Waals surface area (Å²) in [5.41, 5.74) is 1.71. The summed E-state index contributed by atoms with van der Waals surface area (Å²) in [6.07, 6.45) is 2.42. The van der Waals surface area contributed by atoms with Crippen molar-refractivity contribution in [3.8, 4) is 23.0 Å². The molecule has 1 saturated heterocycles. The fraction of sp³-hybridized carbons (Fsp3) is 0.435. The zero-order valence-electron chi connectivity index (χ0n) is 17.9. The van der Waals surface area contributed by atoms with Crippen molar-refractivity contribution >= 4 is 5.97 Å². The number of carboxylic acid groups (broad SMARTS) is 1. The van der Waals surface area contributed by atoms with Gasteiger partial charge in [-0.05, 0) is 43.7 Å². The van der Waals surface area contributed by atoms with E-state index >= 15 is 0 Å². The number of methoxy groups -OCH3 is 4. The maximum Gasteiger partial charge on any atom is 0.320 e. The van der Waals surface area contributed by atoms with Crippen LogP contribution in [0.1, 0.15) is 36.4 Å². The SMILES string of the molecule is COc1ccc(C(c2ccc(OC)cc2OC)N2CCCCC2C(=O)O)c(OC)c1. The first kappa shape index (κ1) is 21.8. The minimum absolute atomic E-state index is 0.367. The summed E-state index contributed by atoms with van der Waals surface area (Å²) in [5, 5.41) is 9.92. The second-order valence-corrected chi connectivity index (χ2v) is 7.21. The van der Waals surface area contributed by atoms with Crippen molar-refractivity contribution in [3.63, 3.8) is 0 Å². The molecule has 162 valence electrons. The molecule has 1 heterocycles. The molecule has 3 rings (SSSR count). The number of carbonyl (C=O) groups is 1. The van der Waals surface area contributed by atoms with Crippen molar-refractivity contribution in [2.75, 3.05) is 35.0 Å². The average molecular weight is 415 g/mol. The lowest BCUT2D eigenvalue weighted by molar-refractivity contribution is -0.145. The van der Waals surface area contributed by atoms with E-state index in [1.165, 1.54) is 0 Å². The fourth-order valence-electron chi connectivity index (χ4n) is 4.14. The lowest BCUT2D eigenvalue weighted by Crippen LogP contribution is -2.47. The smallest absolute Gasteiger partial charge is 0.320 e. The highest BCUT2D eigenvalue weighted by Crippen LogP contribution is 2.43. The number of nitrogens with zero attached hydrogens (tertiary/aromatic N) is 1. The van der Waals surface area contributed by atoms with Crippen LogP contribution in [-0.4, -0.2) is 57.0 Å². The zero-order chi connectivity index (χ0) is 21.7. The summed E-state index contributed by atoms with van der Waals surface area (Å²) in [6, 6.07) is 10.3. The lowest BCUT2D eigenvalue weighted by atomic mass is 9.90. The summed E-state index contributed by atoms with van der Waals surface area (Å²) in [7, 11) is 6.41. The summed E-state index contributed by atoms with van der Waals surface area (Å²) in [4.78, 5) is 14.1. The van der Waals surface area contributed by atoms with E-state index in [4.69, 9.17) is 18.9 Å². The van der Waals surface area contributed by atoms with Crippen LogP contribution in [-0.2, 0) is 4.79 Å². The third-order valence-corrected chi connectivity index (χ3v) is 5.63. The van der Waals surface area contributed by atoms with E-state index in [0.717, 1.165) is 24.0 Å². The fourth-order valence-corrected chi connectivity index (χ4v) is 4.14. The molecular formula is C23H29NO6. The van der Waals surface area contributed by atoms with Crippen LogP contribution in [0, 0.1) is 0 Å². The molecule has 0 amide bonds. The van der Waals surface area contributed by atoms with Gasteiger partial charge >= 0.3 is 5.97 Å². The molecular weight excluding hydrogens is 386 g/mol. The van der Waals surface area contributed by atoms with Crippen LogP contribution < -0.4 is 18.9 Å². The first-order valence-electron chi connectivity index (χ1n) is 9.96. The molecule has 0 radical (unpaired) electrons. The van der Waals surface area contributed by atoms with E-state index in [1.807, 2.05) is 41.3 Å². The maximum atomic E-state index is 12.1. The molecule has 0 spiro atoms. The van der Waals surface area contributed by atoms with Gasteiger partial charge in [-0.2, -0.15) is 0 Å². The Balaban J connectivity index is 2.21. The van der Waals surface area contributed by atoms with Crippen LogP contribution in [0.5, 0.6) is 23.0 Å². The van der Waals surface area contributed by atoms with E-state index in [0.29, 0.717) is 36.0 Å². The largest absolute Gasteiger partial charge is 0.497 e. The van der Waals surface area contributed by atoms with Gasteiger partial charge < -0.3 is 24.1 Å². The van der Waals surface area contributed by atoms with Gasteiger partial charge in [0, 0.05) is 23.3 Å². The lowest BCUT2D eigenvalue weighted by Gasteiger charge is -2.40. The predicted molar refractivity (Wildman–Crippen MR) is 113 cm³/mol. The standard InChI is InChI=1S/C23H29NO6/c1-27-15-8-10-17(20(13-15)29-3)22(24-12-6-5-7-19(24)23(25)26)18-11-9-16(28-2)14-21(18)30-4/h8-11,13-14,19,22H,5-7,12H2,1-4H3,(H,25,26). The molecule has 7 heteroatoms. The summed E-state index contributed by atoms with van der Waals surface area (Å²) in [6.45, 7) is 0.659. The quantitative estimate of drug-likeness (QED) is 0.704. The second-order valence-electron chi connectivity index (χ2n) is 7.21. The first-order chi connectivity index (χ1) is 14.5. The van der Waals surface area contributed by atoms with Crippen molar-refractivity contribution in [1.29, 1.82) is 0 Å². The van der Waals surface area contributed by atoms with Gasteiger partial charge in [0.2, 0.25) is 0 Å². The van der Waals surface area contributed by atoms with Crippen molar-refractivity contribution < 1.29 is 28.8 Å². The number of hydrogen-bond donors (Lipinski definition) is 1. The molecule has 1 unspecified atom stereocenters. The Labute approximate surface area is 177 Å². The number of rotatable bonds is 8. The monoisotopic (exact) mass is 415 g/mol. The van der Waals surface area contributed by atoms with Gasteiger partial charge in [-0.15, -0.1) is 0 Å². The van der Waals surface area contributed by atoms with Gasteiger partial charge in [-0.1, -0.05) is 6.42 Å². The molecule has 0 aliphatic carbocycles. The Morgan fingerprint density at radius 3 is 1.87 bits per heavy atom. The third-order valence-electron chi connectivity index (χ3n) is 5.63. The molecule has 0 saturated carbocycles. The highest BCUT2D eigenvalue weighted by atomic mass is 16.5. The second kappa shape index (κ2) is 9.71. The number of likely N-dealkylation sites (tertiary alicyclic amines) is 1. The molecule has 0 aromatic heterocycles. The van der Waals surface area contributed by atoms with E-state index in [2.05, 4.69) is 0 Å². The van der Waals surface area contributed by atoms with E-state index in [9.17, 15) is 9.90 Å². The van der Waals surface area contributed by atoms with Gasteiger partial charge in [-0.25, -0.2) is 0 Å². The Morgan fingerprint density at radius 1 is 0.900 bits per heavy atom. The van der Waals surface area contributed by atoms with Gasteiger partial charge in [-0.3, -0.25) is 9.69 Å². The number of benzene rings is 2. The van der Waals surface area contributed by atoms with Crippen molar-refractivity contribution in [2.45, 2.75) is 31.3 Å². The highest BCUT2D eigenvalue weighted by molar-refractivity contribution is 5.74. The number of piperidine rings is 1. The molecule has 7 nitrogen and oxygen atoms in total. The Morgan fingerprint density at radius 2 is 1.43 bits per heavy atom. The van der Waals surface area contributed by atoms with Crippen LogP contribution in [0.25, 0.3) is 0 Å². The Hall–Kier alpha value is -2.93. The molecule has 1 atom stereocenters. The van der Waals surface area contributed by atoms with Crippen LogP contribution in [0.2, 0.25) is 0 Å². The van der Waals surface area contributed by atoms with E-state index in [-0.39, 0.29) is 6.04 Å². The van der Waals surface area contributed by atoms with Gasteiger partial charge in [0.15, 0.2) is 0 Å². The van der Waals surface area contributed by atoms with Crippen molar-refractivity contribution in [2.24, 2.45) is 0 Å². The normalized spacial score (nSPS) is 16.9. The van der Waals surface area contributed by atoms with Crippen LogP contribution in [0.3, 0.4) is 0 Å². The zero-order valence-corrected chi connectivity index (χ0v) is 17.9. The Bertz CT molecular complexity index is 828. The number of aliphatic carboxylic acids is 1. The Kier molecular flexibility index (Phi) is 7.05. The van der Waals surface area contributed by atoms with Crippen molar-refractivity contribution in [1.82, 2.24) is 4.90 Å². The number of carboxylic acids is 1. The summed E-state index contributed by atoms with van der Waals surface area (Å²) >= 11 is 0. The van der Waals surface area contributed by atoms with Gasteiger partial charge in [0.1, 0.15) is 29.0 Å². The van der Waals surface area contributed by atoms with Gasteiger partial charge in [0.05, 0.1) is 34.5 Å². The van der Waals surface area contributed by atoms with E-state index < -0.39 is 12.0 Å². The molecule has 0 bridgehead atoms. The van der Waals surface area contributed by atoms with Gasteiger partial charge in [0.25, 0.3) is 0 Å². The minimum atomic E-state index is -0.820. The molecule has 1 aliphatic rings. The summed E-state index contributed by atoms with van der Waals surface area (Å²) in [5.74, 6) is 1.78. The molecule has 30 heavy (non-hydrogen) atoms. The number of hydrogen-bond acceptors (Lipinski definition) is 6. The average Bonchev–Trinajstić information content (AvgIpc) is 2.79. The van der Waals surface area contributed by atoms with Crippen LogP contribution in [0.15, 0.2) is 36.4 Å². The summed E-state index contributed by atoms with van der Waals surface area (Å²) < 4.78 is 22.0. The third kappa shape index (κ3) is 4.31.